The number of nitrogens with zero attached hydrogens (tertiary/aromatic N) is 7. The largest absolute Gasteiger partial charge is 0.472 e. The zero-order chi connectivity index (χ0) is 36.0. The number of hydrogen-bond donors (Lipinski definition) is 6. The Hall–Kier alpha value is -2.94. The third kappa shape index (κ3) is 5.59. The fourth-order valence-corrected chi connectivity index (χ4v) is 10.3. The van der Waals surface area contributed by atoms with E-state index in [1.165, 1.54) is 23.5 Å². The van der Waals surface area contributed by atoms with E-state index >= 15 is 0 Å². The number of nitrogens with two attached hydrogens (primary N) is 2. The van der Waals surface area contributed by atoms with Crippen LogP contribution >= 0.6 is 14.5 Å². The number of phosphoric ester groups is 1. The molecule has 4 aromatic rings. The Morgan fingerprint density at radius 2 is 1.76 bits per heavy atom. The number of aromatic nitrogens is 8. The molecule has 4 aromatic heterocycles. The highest BCUT2D eigenvalue weighted by Crippen LogP contribution is 2.62. The summed E-state index contributed by atoms with van der Waals surface area (Å²) in [6, 6.07) is -0.790. The van der Waals surface area contributed by atoms with Gasteiger partial charge in [-0.15, -0.1) is 0 Å². The number of ether oxygens (including phenoxy) is 1. The topological polar surface area (TPSA) is 283 Å². The first-order valence-electron chi connectivity index (χ1n) is 15.9. The zero-order valence-corrected chi connectivity index (χ0v) is 30.0. The number of aliphatic hydroxyl groups is 1. The fourth-order valence-electron chi connectivity index (χ4n) is 7.58. The Bertz CT molecular complexity index is 2120. The molecule has 272 valence electrons. The molecule has 3 aliphatic rings. The Morgan fingerprint density at radius 3 is 2.48 bits per heavy atom. The van der Waals surface area contributed by atoms with E-state index in [9.17, 15) is 24.3 Å². The van der Waals surface area contributed by atoms with Gasteiger partial charge in [-0.05, 0) is 30.6 Å². The molecule has 50 heavy (non-hydrogen) atoms. The normalized spacial score (nSPS) is 39.6. The van der Waals surface area contributed by atoms with Crippen molar-refractivity contribution in [1.29, 1.82) is 0 Å². The maximum Gasteiger partial charge on any atom is 0.472 e. The van der Waals surface area contributed by atoms with Crippen molar-refractivity contribution >= 4 is 60.4 Å². The summed E-state index contributed by atoms with van der Waals surface area (Å²) in [4.78, 5) is 58.8. The highest BCUT2D eigenvalue weighted by molar-refractivity contribution is 8.07. The molecule has 8 N–H and O–H groups in total. The lowest BCUT2D eigenvalue weighted by Crippen LogP contribution is -2.47. The molecule has 23 heteroatoms. The quantitative estimate of drug-likeness (QED) is 0.161. The summed E-state index contributed by atoms with van der Waals surface area (Å²) in [6.45, 7) is 1.95. The molecule has 0 amide bonds. The molecule has 11 atom stereocenters. The van der Waals surface area contributed by atoms with E-state index in [2.05, 4.69) is 29.9 Å². The van der Waals surface area contributed by atoms with E-state index in [0.717, 1.165) is 0 Å². The van der Waals surface area contributed by atoms with Crippen molar-refractivity contribution in [1.82, 2.24) is 39.0 Å². The number of hydrogen-bond acceptors (Lipinski definition) is 16. The van der Waals surface area contributed by atoms with Gasteiger partial charge in [0.15, 0.2) is 22.6 Å². The molecule has 2 saturated heterocycles. The maximum atomic E-state index is 13.9. The second kappa shape index (κ2) is 12.3. The maximum absolute atomic E-state index is 13.9. The number of H-pyrrole nitrogens is 1. The molecule has 1 aliphatic carbocycles. The number of rotatable bonds is 4. The van der Waals surface area contributed by atoms with Crippen LogP contribution in [0.4, 0.5) is 11.8 Å². The van der Waals surface area contributed by atoms with Gasteiger partial charge >= 0.3 is 14.5 Å². The molecule has 0 radical (unpaired) electrons. The number of nitrogens with one attached hydrogen (secondary N) is 1. The number of aliphatic hydroxyl groups excluding tert-OH is 1. The minimum Gasteiger partial charge on any atom is -0.388 e. The summed E-state index contributed by atoms with van der Waals surface area (Å²) >= 11 is 5.52. The summed E-state index contributed by atoms with van der Waals surface area (Å²) in [5, 5.41) is 11.8. The first-order chi connectivity index (χ1) is 23.5. The molecule has 0 bridgehead atoms. The molecule has 6 heterocycles. The number of anilines is 2. The molecule has 7 rings (SSSR count). The van der Waals surface area contributed by atoms with Gasteiger partial charge in [-0.2, -0.15) is 4.98 Å². The highest BCUT2D eigenvalue weighted by atomic mass is 32.5. The van der Waals surface area contributed by atoms with E-state index in [1.54, 1.807) is 25.3 Å². The summed E-state index contributed by atoms with van der Waals surface area (Å²) in [5.74, 6) is -1.23. The summed E-state index contributed by atoms with van der Waals surface area (Å²) in [5.41, 5.74) is 9.30. The molecule has 2 unspecified atom stereocenters. The molecule has 0 spiro atoms. The van der Waals surface area contributed by atoms with Crippen LogP contribution in [0.3, 0.4) is 0 Å². The summed E-state index contributed by atoms with van der Waals surface area (Å²) in [7, 11) is -4.90. The molecule has 3 fully saturated rings. The molecule has 20 nitrogen and oxygen atoms in total. The van der Waals surface area contributed by atoms with Gasteiger partial charge in [0.05, 0.1) is 31.9 Å². The van der Waals surface area contributed by atoms with Crippen LogP contribution in [0.2, 0.25) is 0 Å². The van der Waals surface area contributed by atoms with Crippen LogP contribution < -0.4 is 17.0 Å². The van der Waals surface area contributed by atoms with E-state index in [4.69, 9.17) is 46.1 Å². The second-order valence-corrected chi connectivity index (χ2v) is 17.4. The third-order valence-corrected chi connectivity index (χ3v) is 13.0. The van der Waals surface area contributed by atoms with Gasteiger partial charge in [0, 0.05) is 11.3 Å². The van der Waals surface area contributed by atoms with Crippen LogP contribution in [-0.4, -0.2) is 91.1 Å². The van der Waals surface area contributed by atoms with Crippen molar-refractivity contribution in [3.63, 3.8) is 0 Å². The summed E-state index contributed by atoms with van der Waals surface area (Å²) < 4.78 is 47.4. The first kappa shape index (κ1) is 35.5. The minimum absolute atomic E-state index is 0.00653. The van der Waals surface area contributed by atoms with Gasteiger partial charge in [0.2, 0.25) is 5.95 Å². The Labute approximate surface area is 289 Å². The second-order valence-electron chi connectivity index (χ2n) is 13.2. The SMILES string of the molecule is CC[C@H]1[C@H](n2cnc3c(=O)[nH]c(N)nc32)O[C@]2(CC)COP(O)(=S)O[C@H]3[C@@H](O)[C@H](n4cnc5c(N)ncnc54)[C@@H](C)[C@]3(C)COP(=O)(O)O[C@@H]12. The van der Waals surface area contributed by atoms with Crippen LogP contribution in [0.5, 0.6) is 0 Å². The zero-order valence-electron chi connectivity index (χ0n) is 27.4. The van der Waals surface area contributed by atoms with Crippen LogP contribution in [0.1, 0.15) is 52.8 Å². The standard InChI is InChI=1S/C27H38N10O10P2S/c1-5-13-18-27(6-2,45-24(13)37-11-33-15-22(37)34-25(29)35-23(15)39)8-44-49(42,50)47-19-17(38)16(12(3)26(19,4)7-43-48(40,41)46-18)36-10-32-14-20(28)30-9-31-21(14)36/h9-13,16-19,24,38H,5-8H2,1-4H3,(H,40,41)(H,42,50)(H2,28,30,31)(H3,29,34,35,39)/t12-,13-,16-,17+,18+,19+,24-,26+,27-,49?/m1/s1. The Morgan fingerprint density at radius 1 is 1.04 bits per heavy atom. The van der Waals surface area contributed by atoms with Gasteiger partial charge in [0.1, 0.15) is 42.0 Å². The average Bonchev–Trinajstić information content (AvgIpc) is 3.79. The van der Waals surface area contributed by atoms with E-state index in [0.29, 0.717) is 17.6 Å². The van der Waals surface area contributed by atoms with Gasteiger partial charge in [-0.1, -0.05) is 27.7 Å². The van der Waals surface area contributed by atoms with Gasteiger partial charge in [-0.3, -0.25) is 23.4 Å². The predicted octanol–water partition coefficient (Wildman–Crippen LogP) is 1.52. The lowest BCUT2D eigenvalue weighted by molar-refractivity contribution is -0.130. The first-order valence-corrected chi connectivity index (χ1v) is 20.0. The third-order valence-electron chi connectivity index (χ3n) is 10.5. The lowest BCUT2D eigenvalue weighted by Gasteiger charge is -2.40. The molecular formula is C27H38N10O10P2S. The van der Waals surface area contributed by atoms with Crippen LogP contribution in [-0.2, 0) is 39.2 Å². The fraction of sp³-hybridized carbons (Fsp3) is 0.630. The van der Waals surface area contributed by atoms with E-state index in [1.807, 2.05) is 6.92 Å². The smallest absolute Gasteiger partial charge is 0.388 e. The van der Waals surface area contributed by atoms with Gasteiger partial charge < -0.3 is 44.7 Å². The minimum atomic E-state index is -4.90. The number of nitrogen functional groups attached to an aromatic ring is 2. The molecule has 0 aromatic carbocycles. The van der Waals surface area contributed by atoms with Crippen molar-refractivity contribution in [2.45, 2.75) is 76.7 Å². The van der Waals surface area contributed by atoms with Crippen LogP contribution in [0.25, 0.3) is 22.3 Å². The van der Waals surface area contributed by atoms with E-state index in [-0.39, 0.29) is 29.4 Å². The predicted molar refractivity (Wildman–Crippen MR) is 180 cm³/mol. The number of fused-ring (bicyclic) bond motifs is 4. The van der Waals surface area contributed by atoms with Crippen molar-refractivity contribution in [2.24, 2.45) is 17.3 Å². The van der Waals surface area contributed by atoms with Crippen LogP contribution in [0, 0.1) is 17.3 Å². The van der Waals surface area contributed by atoms with Crippen molar-refractivity contribution in [3.8, 4) is 0 Å². The summed E-state index contributed by atoms with van der Waals surface area (Å²) in [6.07, 6.45) is -0.182. The monoisotopic (exact) mass is 756 g/mol. The number of aromatic amines is 1. The molecule has 2 aliphatic heterocycles. The van der Waals surface area contributed by atoms with Crippen molar-refractivity contribution < 1.29 is 42.3 Å². The van der Waals surface area contributed by atoms with Crippen LogP contribution in [0.15, 0.2) is 23.8 Å². The van der Waals surface area contributed by atoms with Gasteiger partial charge in [0.25, 0.3) is 5.56 Å². The highest BCUT2D eigenvalue weighted by Gasteiger charge is 2.62. The Kier molecular flexibility index (Phi) is 8.75. The van der Waals surface area contributed by atoms with Crippen molar-refractivity contribution in [3.05, 3.63) is 29.3 Å². The molecular weight excluding hydrogens is 718 g/mol. The lowest BCUT2D eigenvalue weighted by atomic mass is 9.79. The van der Waals surface area contributed by atoms with E-state index < -0.39 is 86.7 Å². The number of imidazole rings is 2. The Balaban J connectivity index is 1.27. The molecule has 1 saturated carbocycles. The average molecular weight is 757 g/mol. The van der Waals surface area contributed by atoms with Crippen molar-refractivity contribution in [2.75, 3.05) is 24.7 Å². The number of phosphoric acid groups is 1. The van der Waals surface area contributed by atoms with Gasteiger partial charge in [-0.25, -0.2) is 24.5 Å².